The summed E-state index contributed by atoms with van der Waals surface area (Å²) in [5.74, 6) is -2.77. The van der Waals surface area contributed by atoms with Crippen molar-refractivity contribution in [3.8, 4) is 0 Å². The first kappa shape index (κ1) is 26.2. The van der Waals surface area contributed by atoms with Gasteiger partial charge in [0.2, 0.25) is 17.8 Å². The molecular formula is C26H32F3N7O2. The third kappa shape index (κ3) is 5.69. The van der Waals surface area contributed by atoms with E-state index in [9.17, 15) is 18.0 Å². The highest BCUT2D eigenvalue weighted by atomic mass is 19.1. The Morgan fingerprint density at radius 1 is 0.974 bits per heavy atom. The number of nitrogen functional groups attached to an aromatic ring is 1. The van der Waals surface area contributed by atoms with Gasteiger partial charge in [-0.1, -0.05) is 0 Å². The van der Waals surface area contributed by atoms with Crippen molar-refractivity contribution < 1.29 is 22.7 Å². The van der Waals surface area contributed by atoms with Gasteiger partial charge in [-0.3, -0.25) is 9.36 Å². The van der Waals surface area contributed by atoms with Crippen molar-refractivity contribution >= 4 is 34.7 Å². The first-order valence-corrected chi connectivity index (χ1v) is 13.2. The lowest BCUT2D eigenvalue weighted by molar-refractivity contribution is -0.135. The average Bonchev–Trinajstić information content (AvgIpc) is 3.69. The maximum atomic E-state index is 14.3. The number of ether oxygens (including phenoxy) is 1. The summed E-state index contributed by atoms with van der Waals surface area (Å²) in [6.07, 6.45) is 8.83. The molecule has 1 aliphatic carbocycles. The zero-order valence-corrected chi connectivity index (χ0v) is 21.1. The number of rotatable bonds is 4. The van der Waals surface area contributed by atoms with Gasteiger partial charge in [-0.05, 0) is 51.4 Å². The normalized spacial score (nSPS) is 21.4. The maximum absolute atomic E-state index is 14.3. The van der Waals surface area contributed by atoms with Crippen LogP contribution in [0.15, 0.2) is 18.3 Å². The van der Waals surface area contributed by atoms with E-state index in [-0.39, 0.29) is 29.8 Å². The Morgan fingerprint density at radius 3 is 2.24 bits per heavy atom. The lowest BCUT2D eigenvalue weighted by atomic mass is 9.85. The van der Waals surface area contributed by atoms with Gasteiger partial charge in [0.1, 0.15) is 17.0 Å². The molecular weight excluding hydrogens is 499 g/mol. The van der Waals surface area contributed by atoms with E-state index >= 15 is 0 Å². The van der Waals surface area contributed by atoms with Crippen LogP contribution in [0.5, 0.6) is 0 Å². The summed E-state index contributed by atoms with van der Waals surface area (Å²) in [6, 6.07) is 1.09. The zero-order chi connectivity index (χ0) is 26.6. The number of amides is 1. The van der Waals surface area contributed by atoms with Gasteiger partial charge in [0, 0.05) is 50.4 Å². The van der Waals surface area contributed by atoms with Gasteiger partial charge >= 0.3 is 0 Å². The highest BCUT2D eigenvalue weighted by Crippen LogP contribution is 2.38. The Kier molecular flexibility index (Phi) is 7.96. The SMILES string of the molecule is C1CCOC1.Nc1ncc2nc(Nc3c(F)cc(F)cc3F)n(C3CCC(C(=O)N4CCCC4)CC3)c2n1. The van der Waals surface area contributed by atoms with Gasteiger partial charge in [0.25, 0.3) is 0 Å². The molecule has 9 nitrogen and oxygen atoms in total. The van der Waals surface area contributed by atoms with Crippen LogP contribution in [-0.2, 0) is 9.53 Å². The number of halogens is 3. The molecule has 38 heavy (non-hydrogen) atoms. The van der Waals surface area contributed by atoms with Crippen LogP contribution in [0.3, 0.4) is 0 Å². The fraction of sp³-hybridized carbons (Fsp3) is 0.538. The number of likely N-dealkylation sites (tertiary alicyclic amines) is 1. The lowest BCUT2D eigenvalue weighted by Crippen LogP contribution is -2.36. The predicted octanol–water partition coefficient (Wildman–Crippen LogP) is 4.72. The molecule has 3 fully saturated rings. The highest BCUT2D eigenvalue weighted by Gasteiger charge is 2.33. The van der Waals surface area contributed by atoms with Crippen LogP contribution in [0.1, 0.15) is 57.4 Å². The number of aromatic nitrogens is 4. The molecule has 6 rings (SSSR count). The summed E-state index contributed by atoms with van der Waals surface area (Å²) in [5, 5.41) is 2.67. The minimum atomic E-state index is -1.07. The van der Waals surface area contributed by atoms with Crippen molar-refractivity contribution in [1.82, 2.24) is 24.4 Å². The zero-order valence-electron chi connectivity index (χ0n) is 21.1. The molecule has 3 N–H and O–H groups in total. The molecule has 1 saturated carbocycles. The summed E-state index contributed by atoms with van der Waals surface area (Å²) in [7, 11) is 0. The van der Waals surface area contributed by atoms with Gasteiger partial charge in [0.05, 0.1) is 6.20 Å². The quantitative estimate of drug-likeness (QED) is 0.501. The Labute approximate surface area is 218 Å². The van der Waals surface area contributed by atoms with Crippen LogP contribution >= 0.6 is 0 Å². The van der Waals surface area contributed by atoms with Crippen molar-refractivity contribution in [2.45, 2.75) is 57.4 Å². The van der Waals surface area contributed by atoms with Gasteiger partial charge < -0.3 is 20.7 Å². The van der Waals surface area contributed by atoms with E-state index in [2.05, 4.69) is 20.3 Å². The van der Waals surface area contributed by atoms with Crippen molar-refractivity contribution in [1.29, 1.82) is 0 Å². The number of nitrogens with one attached hydrogen (secondary N) is 1. The van der Waals surface area contributed by atoms with E-state index in [4.69, 9.17) is 10.5 Å². The molecule has 12 heteroatoms. The topological polar surface area (TPSA) is 111 Å². The number of hydrogen-bond acceptors (Lipinski definition) is 7. The fourth-order valence-electron chi connectivity index (χ4n) is 5.40. The number of carbonyl (C=O) groups excluding carboxylic acids is 1. The minimum absolute atomic E-state index is 0.0303. The standard InChI is InChI=1S/C22H24F3N7O.C4H8O/c23-13-9-15(24)18(16(25)10-13)29-22-28-17-11-27-21(26)30-19(17)32(22)14-5-3-12(4-6-14)20(33)31-7-1-2-8-31;1-2-4-5-3-1/h9-12,14H,1-8H2,(H,28,29)(H2,26,27,30);1-4H2. The Hall–Kier alpha value is -3.41. The highest BCUT2D eigenvalue weighted by molar-refractivity contribution is 5.79. The molecule has 1 aromatic carbocycles. The maximum Gasteiger partial charge on any atom is 0.225 e. The molecule has 2 aromatic heterocycles. The van der Waals surface area contributed by atoms with Crippen LogP contribution in [0.2, 0.25) is 0 Å². The second-order valence-corrected chi connectivity index (χ2v) is 9.97. The number of nitrogens with zero attached hydrogens (tertiary/aromatic N) is 5. The molecule has 2 aliphatic heterocycles. The molecule has 0 unspecified atom stereocenters. The van der Waals surface area contributed by atoms with Crippen molar-refractivity contribution in [3.63, 3.8) is 0 Å². The van der Waals surface area contributed by atoms with Crippen LogP contribution in [0.4, 0.5) is 30.8 Å². The fourth-order valence-corrected chi connectivity index (χ4v) is 5.40. The Bertz CT molecular complexity index is 1250. The average molecular weight is 532 g/mol. The molecule has 0 spiro atoms. The van der Waals surface area contributed by atoms with E-state index in [1.807, 2.05) is 4.90 Å². The molecule has 0 atom stereocenters. The van der Waals surface area contributed by atoms with E-state index < -0.39 is 23.1 Å². The number of fused-ring (bicyclic) bond motifs is 1. The van der Waals surface area contributed by atoms with Crippen LogP contribution < -0.4 is 11.1 Å². The largest absolute Gasteiger partial charge is 0.381 e. The number of imidazole rings is 1. The van der Waals surface area contributed by atoms with E-state index in [0.29, 0.717) is 49.0 Å². The summed E-state index contributed by atoms with van der Waals surface area (Å²) < 4.78 is 48.7. The monoisotopic (exact) mass is 531 g/mol. The third-order valence-corrected chi connectivity index (χ3v) is 7.35. The number of hydrogen-bond donors (Lipinski definition) is 2. The molecule has 0 bridgehead atoms. The van der Waals surface area contributed by atoms with Gasteiger partial charge in [0.15, 0.2) is 17.3 Å². The molecule has 2 saturated heterocycles. The van der Waals surface area contributed by atoms with Crippen LogP contribution in [-0.4, -0.2) is 56.6 Å². The summed E-state index contributed by atoms with van der Waals surface area (Å²) in [6.45, 7) is 3.65. The third-order valence-electron chi connectivity index (χ3n) is 7.35. The lowest BCUT2D eigenvalue weighted by Gasteiger charge is -2.31. The summed E-state index contributed by atoms with van der Waals surface area (Å²) in [4.78, 5) is 27.4. The molecule has 3 aromatic rings. The predicted molar refractivity (Wildman–Crippen MR) is 136 cm³/mol. The molecule has 204 valence electrons. The van der Waals surface area contributed by atoms with Crippen molar-refractivity contribution in [3.05, 3.63) is 35.8 Å². The molecule has 1 amide bonds. The molecule has 3 aliphatic rings. The molecule has 4 heterocycles. The second kappa shape index (κ2) is 11.5. The first-order chi connectivity index (χ1) is 18.4. The summed E-state index contributed by atoms with van der Waals surface area (Å²) >= 11 is 0. The minimum Gasteiger partial charge on any atom is -0.381 e. The van der Waals surface area contributed by atoms with E-state index in [1.54, 1.807) is 4.57 Å². The van der Waals surface area contributed by atoms with E-state index in [1.165, 1.54) is 19.0 Å². The number of carbonyl (C=O) groups is 1. The van der Waals surface area contributed by atoms with Crippen LogP contribution in [0, 0.1) is 23.4 Å². The second-order valence-electron chi connectivity index (χ2n) is 9.97. The smallest absolute Gasteiger partial charge is 0.225 e. The number of nitrogens with two attached hydrogens (primary N) is 1. The number of anilines is 3. The molecule has 0 radical (unpaired) electrons. The first-order valence-electron chi connectivity index (χ1n) is 13.2. The number of benzene rings is 1. The van der Waals surface area contributed by atoms with Crippen LogP contribution in [0.25, 0.3) is 11.2 Å². The van der Waals surface area contributed by atoms with Gasteiger partial charge in [-0.25, -0.2) is 23.1 Å². The Morgan fingerprint density at radius 2 is 1.63 bits per heavy atom. The van der Waals surface area contributed by atoms with Crippen molar-refractivity contribution in [2.75, 3.05) is 37.4 Å². The van der Waals surface area contributed by atoms with Gasteiger partial charge in [-0.2, -0.15) is 4.98 Å². The summed E-state index contributed by atoms with van der Waals surface area (Å²) in [5.41, 5.74) is 6.12. The van der Waals surface area contributed by atoms with E-state index in [0.717, 1.165) is 39.1 Å². The Balaban J connectivity index is 0.000000529. The van der Waals surface area contributed by atoms with Gasteiger partial charge in [-0.15, -0.1) is 0 Å². The van der Waals surface area contributed by atoms with Crippen molar-refractivity contribution in [2.24, 2.45) is 5.92 Å².